The molecule has 4 nitrogen and oxygen atoms in total. The number of carbonyl (C=O) groups is 1. The van der Waals surface area contributed by atoms with Gasteiger partial charge in [-0.05, 0) is 37.3 Å². The average Bonchev–Trinajstić information content (AvgIpc) is 2.96. The lowest BCUT2D eigenvalue weighted by molar-refractivity contribution is -0.124. The smallest absolute Gasteiger partial charge is 0.223 e. The number of nitrogens with zero attached hydrogens (tertiary/aromatic N) is 2. The third-order valence-electron chi connectivity index (χ3n) is 4.93. The molecule has 1 aromatic heterocycles. The summed E-state index contributed by atoms with van der Waals surface area (Å²) in [4.78, 5) is 19.0. The zero-order valence-electron chi connectivity index (χ0n) is 13.4. The quantitative estimate of drug-likeness (QED) is 0.928. The zero-order chi connectivity index (χ0) is 15.2. The number of anilines is 1. The Morgan fingerprint density at radius 3 is 2.45 bits per heavy atom. The van der Waals surface area contributed by atoms with Gasteiger partial charge in [0.15, 0.2) is 0 Å². The van der Waals surface area contributed by atoms with E-state index in [1.807, 2.05) is 6.20 Å². The first-order valence-corrected chi connectivity index (χ1v) is 8.80. The summed E-state index contributed by atoms with van der Waals surface area (Å²) < 4.78 is 0. The van der Waals surface area contributed by atoms with Gasteiger partial charge in [0.2, 0.25) is 5.91 Å². The van der Waals surface area contributed by atoms with Gasteiger partial charge in [0.1, 0.15) is 5.82 Å². The first kappa shape index (κ1) is 15.3. The van der Waals surface area contributed by atoms with Crippen LogP contribution in [0.15, 0.2) is 18.3 Å². The summed E-state index contributed by atoms with van der Waals surface area (Å²) in [5.74, 6) is 1.53. The van der Waals surface area contributed by atoms with Gasteiger partial charge in [0.05, 0.1) is 0 Å². The van der Waals surface area contributed by atoms with Gasteiger partial charge < -0.3 is 10.2 Å². The minimum absolute atomic E-state index is 0.217. The molecule has 0 atom stereocenters. The number of nitrogens with one attached hydrogen (secondary N) is 1. The van der Waals surface area contributed by atoms with Crippen LogP contribution in [0.4, 0.5) is 5.82 Å². The molecule has 0 bridgehead atoms. The maximum atomic E-state index is 12.0. The van der Waals surface area contributed by atoms with E-state index >= 15 is 0 Å². The number of pyridine rings is 1. The lowest BCUT2D eigenvalue weighted by Crippen LogP contribution is -2.29. The van der Waals surface area contributed by atoms with E-state index < -0.39 is 0 Å². The number of hydrogen-bond donors (Lipinski definition) is 1. The van der Waals surface area contributed by atoms with Gasteiger partial charge in [-0.1, -0.05) is 31.7 Å². The van der Waals surface area contributed by atoms with Crippen LogP contribution < -0.4 is 10.2 Å². The van der Waals surface area contributed by atoms with Crippen molar-refractivity contribution in [2.24, 2.45) is 5.92 Å². The summed E-state index contributed by atoms with van der Waals surface area (Å²) in [7, 11) is 0. The Hall–Kier alpha value is -1.58. The van der Waals surface area contributed by atoms with Crippen molar-refractivity contribution in [1.29, 1.82) is 0 Å². The molecule has 0 unspecified atom stereocenters. The van der Waals surface area contributed by atoms with Gasteiger partial charge in [-0.2, -0.15) is 0 Å². The van der Waals surface area contributed by atoms with Crippen LogP contribution in [0.2, 0.25) is 0 Å². The number of amides is 1. The van der Waals surface area contributed by atoms with Crippen molar-refractivity contribution in [1.82, 2.24) is 10.3 Å². The lowest BCUT2D eigenvalue weighted by atomic mass is 10.1. The molecule has 2 heterocycles. The SMILES string of the molecule is O=C(NCc1ccc(N2CCCCCC2)nc1)C1CCCC1. The van der Waals surface area contributed by atoms with Gasteiger partial charge >= 0.3 is 0 Å². The molecule has 2 aliphatic rings. The van der Waals surface area contributed by atoms with E-state index in [0.717, 1.165) is 37.3 Å². The van der Waals surface area contributed by atoms with Crippen molar-refractivity contribution in [2.75, 3.05) is 18.0 Å². The Balaban J connectivity index is 1.51. The van der Waals surface area contributed by atoms with Crippen molar-refractivity contribution in [3.05, 3.63) is 23.9 Å². The molecule has 1 aliphatic carbocycles. The van der Waals surface area contributed by atoms with Crippen LogP contribution in [0.3, 0.4) is 0 Å². The van der Waals surface area contributed by atoms with Crippen molar-refractivity contribution in [3.63, 3.8) is 0 Å². The third kappa shape index (κ3) is 3.99. The number of rotatable bonds is 4. The molecule has 1 aromatic rings. The summed E-state index contributed by atoms with van der Waals surface area (Å²) in [6.45, 7) is 2.83. The third-order valence-corrected chi connectivity index (χ3v) is 4.93. The van der Waals surface area contributed by atoms with E-state index in [2.05, 4.69) is 27.3 Å². The highest BCUT2D eigenvalue weighted by Crippen LogP contribution is 2.24. The highest BCUT2D eigenvalue weighted by molar-refractivity contribution is 5.78. The number of aromatic nitrogens is 1. The predicted octanol–water partition coefficient (Wildman–Crippen LogP) is 3.27. The van der Waals surface area contributed by atoms with Crippen molar-refractivity contribution < 1.29 is 4.79 Å². The van der Waals surface area contributed by atoms with Crippen LogP contribution in [0.1, 0.15) is 56.9 Å². The van der Waals surface area contributed by atoms with Gasteiger partial charge in [0.25, 0.3) is 0 Å². The van der Waals surface area contributed by atoms with Gasteiger partial charge in [0, 0.05) is 31.7 Å². The molecule has 1 N–H and O–H groups in total. The number of hydrogen-bond acceptors (Lipinski definition) is 3. The molecule has 0 aromatic carbocycles. The minimum Gasteiger partial charge on any atom is -0.357 e. The van der Waals surface area contributed by atoms with E-state index in [-0.39, 0.29) is 11.8 Å². The Bertz CT molecular complexity index is 472. The second-order valence-corrected chi connectivity index (χ2v) is 6.63. The highest BCUT2D eigenvalue weighted by Gasteiger charge is 2.22. The molecule has 3 rings (SSSR count). The van der Waals surface area contributed by atoms with Crippen molar-refractivity contribution >= 4 is 11.7 Å². The fraction of sp³-hybridized carbons (Fsp3) is 0.667. The summed E-state index contributed by atoms with van der Waals surface area (Å²) in [6, 6.07) is 4.20. The van der Waals surface area contributed by atoms with E-state index in [4.69, 9.17) is 0 Å². The molecule has 1 saturated heterocycles. The van der Waals surface area contributed by atoms with Crippen LogP contribution in [0.5, 0.6) is 0 Å². The molecule has 120 valence electrons. The maximum absolute atomic E-state index is 12.0. The molecule has 1 saturated carbocycles. The van der Waals surface area contributed by atoms with Gasteiger partial charge in [-0.25, -0.2) is 4.98 Å². The molecule has 0 spiro atoms. The fourth-order valence-electron chi connectivity index (χ4n) is 3.53. The van der Waals surface area contributed by atoms with Gasteiger partial charge in [-0.15, -0.1) is 0 Å². The molecular weight excluding hydrogens is 274 g/mol. The molecule has 0 radical (unpaired) electrons. The van der Waals surface area contributed by atoms with E-state index in [0.29, 0.717) is 6.54 Å². The van der Waals surface area contributed by atoms with Crippen LogP contribution in [-0.4, -0.2) is 24.0 Å². The lowest BCUT2D eigenvalue weighted by Gasteiger charge is -2.21. The molecule has 4 heteroatoms. The Morgan fingerprint density at radius 2 is 1.82 bits per heavy atom. The highest BCUT2D eigenvalue weighted by atomic mass is 16.1. The predicted molar refractivity (Wildman–Crippen MR) is 88.7 cm³/mol. The van der Waals surface area contributed by atoms with Crippen molar-refractivity contribution in [3.8, 4) is 0 Å². The van der Waals surface area contributed by atoms with Gasteiger partial charge in [-0.3, -0.25) is 4.79 Å². The van der Waals surface area contributed by atoms with E-state index in [9.17, 15) is 4.79 Å². The Morgan fingerprint density at radius 1 is 1.09 bits per heavy atom. The summed E-state index contributed by atoms with van der Waals surface area (Å²) >= 11 is 0. The average molecular weight is 301 g/mol. The monoisotopic (exact) mass is 301 g/mol. The first-order valence-electron chi connectivity index (χ1n) is 8.80. The van der Waals surface area contributed by atoms with Crippen LogP contribution in [0.25, 0.3) is 0 Å². The summed E-state index contributed by atoms with van der Waals surface area (Å²) in [5.41, 5.74) is 1.09. The first-order chi connectivity index (χ1) is 10.8. The molecule has 2 fully saturated rings. The minimum atomic E-state index is 0.217. The van der Waals surface area contributed by atoms with Crippen LogP contribution in [0, 0.1) is 5.92 Å². The topological polar surface area (TPSA) is 45.2 Å². The van der Waals surface area contributed by atoms with E-state index in [1.54, 1.807) is 0 Å². The number of carbonyl (C=O) groups excluding carboxylic acids is 1. The Kier molecular flexibility index (Phi) is 5.30. The fourth-order valence-corrected chi connectivity index (χ4v) is 3.53. The molecule has 1 amide bonds. The van der Waals surface area contributed by atoms with Crippen molar-refractivity contribution in [2.45, 2.75) is 57.9 Å². The standard InChI is InChI=1S/C18H27N3O/c22-18(16-7-3-4-8-16)20-14-15-9-10-17(19-13-15)21-11-5-1-2-6-12-21/h9-10,13,16H,1-8,11-12,14H2,(H,20,22). The summed E-state index contributed by atoms with van der Waals surface area (Å²) in [6.07, 6.45) is 11.6. The van der Waals surface area contributed by atoms with Crippen LogP contribution >= 0.6 is 0 Å². The second kappa shape index (κ2) is 7.61. The molecular formula is C18H27N3O. The largest absolute Gasteiger partial charge is 0.357 e. The zero-order valence-corrected chi connectivity index (χ0v) is 13.4. The normalized spacial score (nSPS) is 19.9. The molecule has 1 aliphatic heterocycles. The molecule has 22 heavy (non-hydrogen) atoms. The second-order valence-electron chi connectivity index (χ2n) is 6.63. The summed E-state index contributed by atoms with van der Waals surface area (Å²) in [5, 5.41) is 3.06. The van der Waals surface area contributed by atoms with Crippen LogP contribution in [-0.2, 0) is 11.3 Å². The maximum Gasteiger partial charge on any atom is 0.223 e. The Labute approximate surface area is 133 Å². The van der Waals surface area contributed by atoms with E-state index in [1.165, 1.54) is 38.5 Å².